The first kappa shape index (κ1) is 18.7. The van der Waals surface area contributed by atoms with Gasteiger partial charge in [-0.3, -0.25) is 4.99 Å². The third kappa shape index (κ3) is 3.55. The number of phenolic OH excluding ortho intramolecular Hbond substituents is 1. The number of fused-ring (bicyclic) bond motifs is 1. The molecule has 0 aliphatic rings. The first-order chi connectivity index (χ1) is 13.4. The second-order valence-corrected chi connectivity index (χ2v) is 7.74. The highest BCUT2D eigenvalue weighted by molar-refractivity contribution is 9.10. The van der Waals surface area contributed by atoms with Gasteiger partial charge in [0.2, 0.25) is 5.89 Å². The molecular weight excluding hydrogens is 440 g/mol. The predicted octanol–water partition coefficient (Wildman–Crippen LogP) is 6.98. The SMILES string of the molecule is Cc1cc(C=Nc2cccc(-c3nc4cc(Cl)ccc4o3)c2)c(O)c(Br)c1C. The van der Waals surface area contributed by atoms with Gasteiger partial charge in [-0.15, -0.1) is 0 Å². The molecule has 0 radical (unpaired) electrons. The number of oxazole rings is 1. The van der Waals surface area contributed by atoms with Crippen molar-refractivity contribution in [2.45, 2.75) is 13.8 Å². The number of rotatable bonds is 3. The Morgan fingerprint density at radius 1 is 1.14 bits per heavy atom. The van der Waals surface area contributed by atoms with Gasteiger partial charge < -0.3 is 9.52 Å². The topological polar surface area (TPSA) is 58.6 Å². The summed E-state index contributed by atoms with van der Waals surface area (Å²) < 4.78 is 6.51. The molecule has 140 valence electrons. The Kier molecular flexibility index (Phi) is 4.96. The van der Waals surface area contributed by atoms with Crippen LogP contribution < -0.4 is 0 Å². The molecule has 4 rings (SSSR count). The Labute approximate surface area is 175 Å². The van der Waals surface area contributed by atoms with Crippen molar-refractivity contribution in [3.05, 3.63) is 74.7 Å². The lowest BCUT2D eigenvalue weighted by atomic mass is 10.1. The number of halogens is 2. The van der Waals surface area contributed by atoms with E-state index in [1.54, 1.807) is 24.4 Å². The van der Waals surface area contributed by atoms with Gasteiger partial charge in [0.1, 0.15) is 11.3 Å². The minimum atomic E-state index is 0.179. The molecule has 3 aromatic carbocycles. The highest BCUT2D eigenvalue weighted by atomic mass is 79.9. The lowest BCUT2D eigenvalue weighted by Crippen LogP contribution is -1.90. The van der Waals surface area contributed by atoms with Crippen molar-refractivity contribution >= 4 is 50.5 Å². The van der Waals surface area contributed by atoms with E-state index in [0.717, 1.165) is 22.4 Å². The highest BCUT2D eigenvalue weighted by Gasteiger charge is 2.11. The van der Waals surface area contributed by atoms with Crippen LogP contribution in [-0.2, 0) is 0 Å². The lowest BCUT2D eigenvalue weighted by Gasteiger charge is -2.08. The van der Waals surface area contributed by atoms with Crippen molar-refractivity contribution in [3.8, 4) is 17.2 Å². The fraction of sp³-hybridized carbons (Fsp3) is 0.0909. The monoisotopic (exact) mass is 454 g/mol. The molecule has 1 N–H and O–H groups in total. The van der Waals surface area contributed by atoms with Crippen LogP contribution in [0.25, 0.3) is 22.6 Å². The first-order valence-corrected chi connectivity index (χ1v) is 9.79. The Morgan fingerprint density at radius 2 is 1.96 bits per heavy atom. The minimum Gasteiger partial charge on any atom is -0.506 e. The molecule has 0 aliphatic carbocycles. The molecule has 0 spiro atoms. The standard InChI is InChI=1S/C22H16BrClN2O2/c1-12-8-15(21(27)20(23)13(12)2)11-25-17-5-3-4-14(9-17)22-26-18-10-16(24)6-7-19(18)28-22/h3-11,27H,1-2H3. The number of aromatic nitrogens is 1. The fourth-order valence-corrected chi connectivity index (χ4v) is 3.58. The number of hydrogen-bond acceptors (Lipinski definition) is 4. The molecule has 0 unspecified atom stereocenters. The maximum Gasteiger partial charge on any atom is 0.227 e. The van der Waals surface area contributed by atoms with Crippen LogP contribution in [-0.4, -0.2) is 16.3 Å². The van der Waals surface area contributed by atoms with E-state index in [-0.39, 0.29) is 5.75 Å². The van der Waals surface area contributed by atoms with E-state index in [1.807, 2.05) is 44.2 Å². The number of hydrogen-bond donors (Lipinski definition) is 1. The lowest BCUT2D eigenvalue weighted by molar-refractivity contribution is 0.470. The summed E-state index contributed by atoms with van der Waals surface area (Å²) >= 11 is 9.45. The molecule has 0 amide bonds. The van der Waals surface area contributed by atoms with Gasteiger partial charge >= 0.3 is 0 Å². The quantitative estimate of drug-likeness (QED) is 0.339. The second-order valence-electron chi connectivity index (χ2n) is 6.51. The number of phenols is 1. The van der Waals surface area contributed by atoms with Crippen molar-refractivity contribution in [2.24, 2.45) is 4.99 Å². The van der Waals surface area contributed by atoms with Gasteiger partial charge in [0.15, 0.2) is 5.58 Å². The first-order valence-electron chi connectivity index (χ1n) is 8.61. The van der Waals surface area contributed by atoms with Crippen molar-refractivity contribution in [1.82, 2.24) is 4.98 Å². The van der Waals surface area contributed by atoms with Crippen LogP contribution in [0, 0.1) is 13.8 Å². The molecule has 4 aromatic rings. The maximum atomic E-state index is 10.3. The van der Waals surface area contributed by atoms with Crippen molar-refractivity contribution < 1.29 is 9.52 Å². The molecule has 0 bridgehead atoms. The summed E-state index contributed by atoms with van der Waals surface area (Å²) in [6.45, 7) is 3.95. The summed E-state index contributed by atoms with van der Waals surface area (Å²) in [5.41, 5.74) is 5.66. The molecule has 28 heavy (non-hydrogen) atoms. The average Bonchev–Trinajstić information content (AvgIpc) is 3.11. The summed E-state index contributed by atoms with van der Waals surface area (Å²) in [5.74, 6) is 0.685. The van der Waals surface area contributed by atoms with Gasteiger partial charge in [-0.05, 0) is 83.4 Å². The number of benzene rings is 3. The molecule has 0 atom stereocenters. The van der Waals surface area contributed by atoms with E-state index in [9.17, 15) is 5.11 Å². The summed E-state index contributed by atoms with van der Waals surface area (Å²) in [5, 5.41) is 11.0. The van der Waals surface area contributed by atoms with Crippen LogP contribution in [0.1, 0.15) is 16.7 Å². The van der Waals surface area contributed by atoms with E-state index in [1.165, 1.54) is 0 Å². The van der Waals surface area contributed by atoms with Crippen LogP contribution >= 0.6 is 27.5 Å². The summed E-state index contributed by atoms with van der Waals surface area (Å²) in [6, 6.07) is 14.8. The van der Waals surface area contributed by atoms with E-state index in [0.29, 0.717) is 32.0 Å². The third-order valence-electron chi connectivity index (χ3n) is 4.57. The van der Waals surface area contributed by atoms with E-state index >= 15 is 0 Å². The van der Waals surface area contributed by atoms with Crippen LogP contribution in [0.4, 0.5) is 5.69 Å². The van der Waals surface area contributed by atoms with Crippen LogP contribution in [0.15, 0.2) is 62.4 Å². The molecule has 0 saturated carbocycles. The largest absolute Gasteiger partial charge is 0.506 e. The third-order valence-corrected chi connectivity index (χ3v) is 5.77. The predicted molar refractivity (Wildman–Crippen MR) is 117 cm³/mol. The van der Waals surface area contributed by atoms with Gasteiger partial charge in [0, 0.05) is 22.4 Å². The zero-order chi connectivity index (χ0) is 19.8. The Balaban J connectivity index is 1.68. The van der Waals surface area contributed by atoms with Gasteiger partial charge in [-0.1, -0.05) is 17.7 Å². The molecular formula is C22H16BrClN2O2. The molecule has 4 nitrogen and oxygen atoms in total. The molecule has 0 aliphatic heterocycles. The Morgan fingerprint density at radius 3 is 2.79 bits per heavy atom. The summed E-state index contributed by atoms with van der Waals surface area (Å²) in [7, 11) is 0. The minimum absolute atomic E-state index is 0.179. The van der Waals surface area contributed by atoms with Crippen molar-refractivity contribution in [2.75, 3.05) is 0 Å². The number of aryl methyl sites for hydroxylation is 1. The van der Waals surface area contributed by atoms with Crippen LogP contribution in [0.5, 0.6) is 5.75 Å². The number of aliphatic imine (C=N–C) groups is 1. The molecule has 0 fully saturated rings. The smallest absolute Gasteiger partial charge is 0.227 e. The highest BCUT2D eigenvalue weighted by Crippen LogP contribution is 2.33. The van der Waals surface area contributed by atoms with Gasteiger partial charge in [-0.25, -0.2) is 4.98 Å². The maximum absolute atomic E-state index is 10.3. The molecule has 6 heteroatoms. The molecule has 1 aromatic heterocycles. The van der Waals surface area contributed by atoms with E-state index in [4.69, 9.17) is 16.0 Å². The number of aromatic hydroxyl groups is 1. The Hall–Kier alpha value is -2.63. The van der Waals surface area contributed by atoms with E-state index < -0.39 is 0 Å². The van der Waals surface area contributed by atoms with Gasteiger partial charge in [0.05, 0.1) is 10.2 Å². The van der Waals surface area contributed by atoms with Crippen molar-refractivity contribution in [1.29, 1.82) is 0 Å². The van der Waals surface area contributed by atoms with Crippen LogP contribution in [0.3, 0.4) is 0 Å². The molecule has 1 heterocycles. The number of nitrogens with zero attached hydrogens (tertiary/aromatic N) is 2. The molecule has 0 saturated heterocycles. The van der Waals surface area contributed by atoms with Crippen LogP contribution in [0.2, 0.25) is 5.02 Å². The van der Waals surface area contributed by atoms with Gasteiger partial charge in [-0.2, -0.15) is 0 Å². The summed E-state index contributed by atoms with van der Waals surface area (Å²) in [6.07, 6.45) is 1.65. The Bertz CT molecular complexity index is 1230. The zero-order valence-corrected chi connectivity index (χ0v) is 17.5. The average molecular weight is 456 g/mol. The fourth-order valence-electron chi connectivity index (χ4n) is 2.87. The summed E-state index contributed by atoms with van der Waals surface area (Å²) in [4.78, 5) is 9.01. The second kappa shape index (κ2) is 7.41. The van der Waals surface area contributed by atoms with E-state index in [2.05, 4.69) is 25.9 Å². The zero-order valence-electron chi connectivity index (χ0n) is 15.2. The van der Waals surface area contributed by atoms with Gasteiger partial charge in [0.25, 0.3) is 0 Å². The normalized spacial score (nSPS) is 11.6. The van der Waals surface area contributed by atoms with Crippen molar-refractivity contribution in [3.63, 3.8) is 0 Å².